The van der Waals surface area contributed by atoms with Crippen LogP contribution in [0, 0.1) is 11.3 Å². The molecule has 1 aromatic carbocycles. The zero-order valence-corrected chi connectivity index (χ0v) is 9.81. The van der Waals surface area contributed by atoms with Gasteiger partial charge < -0.3 is 5.32 Å². The molecule has 0 saturated carbocycles. The Bertz CT molecular complexity index is 313. The van der Waals surface area contributed by atoms with Crippen molar-refractivity contribution in [1.29, 1.82) is 5.26 Å². The molecule has 0 aromatic heterocycles. The van der Waals surface area contributed by atoms with E-state index in [2.05, 4.69) is 17.6 Å². The van der Waals surface area contributed by atoms with E-state index >= 15 is 0 Å². The minimum absolute atomic E-state index is 0.723. The first-order valence-corrected chi connectivity index (χ1v) is 6.45. The highest BCUT2D eigenvalue weighted by molar-refractivity contribution is 7.98. The fraction of sp³-hybridized carbons (Fsp3) is 0.417. The van der Waals surface area contributed by atoms with Gasteiger partial charge in [-0.1, -0.05) is 12.1 Å². The summed E-state index contributed by atoms with van der Waals surface area (Å²) in [5.41, 5.74) is 1.96. The normalized spacial score (nSPS) is 9.87. The molecule has 2 nitrogen and oxygen atoms in total. The number of nitrogens with one attached hydrogen (secondary N) is 1. The molecule has 0 spiro atoms. The van der Waals surface area contributed by atoms with E-state index < -0.39 is 0 Å². The van der Waals surface area contributed by atoms with E-state index in [-0.39, 0.29) is 0 Å². The van der Waals surface area contributed by atoms with Crippen molar-refractivity contribution >= 4 is 11.8 Å². The van der Waals surface area contributed by atoms with E-state index in [0.717, 1.165) is 18.7 Å². The predicted octanol–water partition coefficient (Wildman–Crippen LogP) is 2.40. The average Bonchev–Trinajstić information content (AvgIpc) is 2.30. The Labute approximate surface area is 95.7 Å². The van der Waals surface area contributed by atoms with Gasteiger partial charge in [-0.15, -0.1) is 0 Å². The maximum atomic E-state index is 8.63. The number of hydrogen-bond donors (Lipinski definition) is 1. The molecule has 0 aliphatic heterocycles. The molecular weight excluding hydrogens is 204 g/mol. The van der Waals surface area contributed by atoms with Crippen LogP contribution in [0.25, 0.3) is 0 Å². The number of hydrogen-bond acceptors (Lipinski definition) is 3. The predicted molar refractivity (Wildman–Crippen MR) is 65.9 cm³/mol. The summed E-state index contributed by atoms with van der Waals surface area (Å²) in [4.78, 5) is 0. The summed E-state index contributed by atoms with van der Waals surface area (Å²) in [5, 5.41) is 12.0. The molecule has 1 N–H and O–H groups in total. The van der Waals surface area contributed by atoms with Crippen LogP contribution in [0.15, 0.2) is 24.3 Å². The van der Waals surface area contributed by atoms with Crippen LogP contribution in [-0.2, 0) is 6.54 Å². The van der Waals surface area contributed by atoms with Crippen molar-refractivity contribution in [3.8, 4) is 6.07 Å². The van der Waals surface area contributed by atoms with E-state index in [1.54, 1.807) is 0 Å². The second kappa shape index (κ2) is 7.33. The highest BCUT2D eigenvalue weighted by Gasteiger charge is 1.93. The maximum absolute atomic E-state index is 8.63. The van der Waals surface area contributed by atoms with E-state index in [9.17, 15) is 0 Å². The number of nitrogens with zero attached hydrogens (tertiary/aromatic N) is 1. The molecule has 0 amide bonds. The summed E-state index contributed by atoms with van der Waals surface area (Å²) in [6, 6.07) is 9.84. The molecular formula is C12H16N2S. The van der Waals surface area contributed by atoms with Crippen LogP contribution in [0.4, 0.5) is 0 Å². The largest absolute Gasteiger partial charge is 0.313 e. The first-order valence-electron chi connectivity index (χ1n) is 5.05. The van der Waals surface area contributed by atoms with Crippen LogP contribution in [-0.4, -0.2) is 18.6 Å². The Balaban J connectivity index is 2.23. The lowest BCUT2D eigenvalue weighted by atomic mass is 10.1. The van der Waals surface area contributed by atoms with Crippen LogP contribution in [0.3, 0.4) is 0 Å². The first-order chi connectivity index (χ1) is 7.36. The molecule has 0 aliphatic rings. The van der Waals surface area contributed by atoms with Crippen molar-refractivity contribution in [3.63, 3.8) is 0 Å². The topological polar surface area (TPSA) is 35.8 Å². The van der Waals surface area contributed by atoms with Crippen molar-refractivity contribution < 1.29 is 0 Å². The second-order valence-corrected chi connectivity index (χ2v) is 4.32. The molecule has 3 heteroatoms. The summed E-state index contributed by atoms with van der Waals surface area (Å²) < 4.78 is 0. The second-order valence-electron chi connectivity index (χ2n) is 3.33. The lowest BCUT2D eigenvalue weighted by Crippen LogP contribution is -2.15. The molecule has 80 valence electrons. The van der Waals surface area contributed by atoms with Crippen LogP contribution >= 0.6 is 11.8 Å². The van der Waals surface area contributed by atoms with E-state index in [1.165, 1.54) is 17.7 Å². The van der Waals surface area contributed by atoms with Gasteiger partial charge in [0, 0.05) is 6.54 Å². The molecule has 0 radical (unpaired) electrons. The highest BCUT2D eigenvalue weighted by atomic mass is 32.2. The standard InChI is InChI=1S/C12H16N2S/c1-15-8-2-7-14-10-12-5-3-11(9-13)4-6-12/h3-6,14H,2,7-8,10H2,1H3. The fourth-order valence-electron chi connectivity index (χ4n) is 1.27. The summed E-state index contributed by atoms with van der Waals surface area (Å²) in [5.74, 6) is 1.21. The van der Waals surface area contributed by atoms with E-state index in [4.69, 9.17) is 5.26 Å². The minimum atomic E-state index is 0.723. The number of thioether (sulfide) groups is 1. The van der Waals surface area contributed by atoms with Crippen LogP contribution < -0.4 is 5.32 Å². The first kappa shape index (κ1) is 12.1. The van der Waals surface area contributed by atoms with Gasteiger partial charge in [-0.2, -0.15) is 17.0 Å². The Morgan fingerprint density at radius 3 is 2.67 bits per heavy atom. The fourth-order valence-corrected chi connectivity index (χ4v) is 1.70. The summed E-state index contributed by atoms with van der Waals surface area (Å²) in [6.45, 7) is 1.95. The Kier molecular flexibility index (Phi) is 5.91. The Morgan fingerprint density at radius 1 is 1.33 bits per heavy atom. The van der Waals surface area contributed by atoms with Gasteiger partial charge in [-0.05, 0) is 42.7 Å². The molecule has 0 aliphatic carbocycles. The van der Waals surface area contributed by atoms with Gasteiger partial charge in [-0.25, -0.2) is 0 Å². The molecule has 15 heavy (non-hydrogen) atoms. The third-order valence-corrected chi connectivity index (χ3v) is 2.81. The van der Waals surface area contributed by atoms with Gasteiger partial charge in [0.25, 0.3) is 0 Å². The third-order valence-electron chi connectivity index (χ3n) is 2.11. The minimum Gasteiger partial charge on any atom is -0.313 e. The molecule has 1 rings (SSSR count). The number of nitriles is 1. The molecule has 0 atom stereocenters. The maximum Gasteiger partial charge on any atom is 0.0991 e. The Hall–Kier alpha value is -0.980. The summed E-state index contributed by atoms with van der Waals surface area (Å²) in [7, 11) is 0. The van der Waals surface area contributed by atoms with Gasteiger partial charge in [0.1, 0.15) is 0 Å². The van der Waals surface area contributed by atoms with Crippen LogP contribution in [0.5, 0.6) is 0 Å². The lowest BCUT2D eigenvalue weighted by Gasteiger charge is -2.04. The summed E-state index contributed by atoms with van der Waals surface area (Å²) in [6.07, 6.45) is 3.33. The van der Waals surface area contributed by atoms with Crippen molar-refractivity contribution in [2.24, 2.45) is 0 Å². The van der Waals surface area contributed by atoms with E-state index in [1.807, 2.05) is 36.0 Å². The monoisotopic (exact) mass is 220 g/mol. The smallest absolute Gasteiger partial charge is 0.0991 e. The number of rotatable bonds is 6. The van der Waals surface area contributed by atoms with Crippen molar-refractivity contribution in [1.82, 2.24) is 5.32 Å². The molecule has 0 fully saturated rings. The van der Waals surface area contributed by atoms with Crippen molar-refractivity contribution in [2.75, 3.05) is 18.6 Å². The molecule has 0 saturated heterocycles. The van der Waals surface area contributed by atoms with Crippen LogP contribution in [0.2, 0.25) is 0 Å². The van der Waals surface area contributed by atoms with Gasteiger partial charge in [-0.3, -0.25) is 0 Å². The third kappa shape index (κ3) is 4.87. The summed E-state index contributed by atoms with van der Waals surface area (Å²) >= 11 is 1.88. The Morgan fingerprint density at radius 2 is 2.07 bits per heavy atom. The highest BCUT2D eigenvalue weighted by Crippen LogP contribution is 2.02. The molecule has 0 bridgehead atoms. The van der Waals surface area contributed by atoms with Crippen molar-refractivity contribution in [2.45, 2.75) is 13.0 Å². The molecule has 0 heterocycles. The zero-order valence-electron chi connectivity index (χ0n) is 8.99. The van der Waals surface area contributed by atoms with Gasteiger partial charge in [0.2, 0.25) is 0 Å². The average molecular weight is 220 g/mol. The van der Waals surface area contributed by atoms with Crippen molar-refractivity contribution in [3.05, 3.63) is 35.4 Å². The van der Waals surface area contributed by atoms with Gasteiger partial charge in [0.05, 0.1) is 11.6 Å². The zero-order chi connectivity index (χ0) is 10.9. The lowest BCUT2D eigenvalue weighted by molar-refractivity contribution is 0.679. The molecule has 1 aromatic rings. The van der Waals surface area contributed by atoms with Gasteiger partial charge in [0.15, 0.2) is 0 Å². The number of benzene rings is 1. The quantitative estimate of drug-likeness (QED) is 0.748. The van der Waals surface area contributed by atoms with E-state index in [0.29, 0.717) is 0 Å². The van der Waals surface area contributed by atoms with Crippen LogP contribution in [0.1, 0.15) is 17.5 Å². The molecule has 0 unspecified atom stereocenters. The SMILES string of the molecule is CSCCCNCc1ccc(C#N)cc1. The van der Waals surface area contributed by atoms with Gasteiger partial charge >= 0.3 is 0 Å².